The Morgan fingerprint density at radius 2 is 1.89 bits per heavy atom. The molecule has 8 nitrogen and oxygen atoms in total. The van der Waals surface area contributed by atoms with Crippen LogP contribution < -0.4 is 15.0 Å². The van der Waals surface area contributed by atoms with Crippen LogP contribution in [0.15, 0.2) is 71.3 Å². The third-order valence-corrected chi connectivity index (χ3v) is 6.78. The maximum Gasteiger partial charge on any atom is 0.277 e. The Balaban J connectivity index is 1.52. The molecule has 0 unspecified atom stereocenters. The summed E-state index contributed by atoms with van der Waals surface area (Å²) in [5.41, 5.74) is 3.47. The Morgan fingerprint density at radius 1 is 1.11 bits per heavy atom. The maximum atomic E-state index is 13.9. The molecule has 36 heavy (non-hydrogen) atoms. The predicted octanol–water partition coefficient (Wildman–Crippen LogP) is 4.50. The van der Waals surface area contributed by atoms with Crippen LogP contribution in [0.3, 0.4) is 0 Å². The highest BCUT2D eigenvalue weighted by molar-refractivity contribution is 6.12. The lowest BCUT2D eigenvalue weighted by atomic mass is 9.93. The number of nitrogens with zero attached hydrogens (tertiary/aromatic N) is 3. The second-order valence-electron chi connectivity index (χ2n) is 9.26. The van der Waals surface area contributed by atoms with Crippen LogP contribution in [0.1, 0.15) is 34.1 Å². The minimum absolute atomic E-state index is 0.191. The minimum Gasteiger partial charge on any atom is -0.497 e. The average molecular weight is 485 g/mol. The summed E-state index contributed by atoms with van der Waals surface area (Å²) in [6.45, 7) is 6.30. The molecule has 4 aromatic rings. The Morgan fingerprint density at radius 3 is 2.56 bits per heavy atom. The first kappa shape index (κ1) is 23.4. The van der Waals surface area contributed by atoms with Gasteiger partial charge in [-0.3, -0.25) is 19.2 Å². The lowest BCUT2D eigenvalue weighted by Gasteiger charge is -2.43. The third kappa shape index (κ3) is 4.04. The van der Waals surface area contributed by atoms with Crippen LogP contribution in [0.2, 0.25) is 0 Å². The summed E-state index contributed by atoms with van der Waals surface area (Å²) in [7, 11) is 1.61. The maximum absolute atomic E-state index is 13.9. The van der Waals surface area contributed by atoms with Gasteiger partial charge in [-0.15, -0.1) is 0 Å². The molecule has 0 aliphatic carbocycles. The van der Waals surface area contributed by atoms with Crippen molar-refractivity contribution >= 4 is 17.5 Å². The summed E-state index contributed by atoms with van der Waals surface area (Å²) in [4.78, 5) is 29.2. The van der Waals surface area contributed by atoms with Gasteiger partial charge in [-0.1, -0.05) is 18.2 Å². The van der Waals surface area contributed by atoms with Gasteiger partial charge in [0.25, 0.3) is 5.91 Å². The number of benzene rings is 2. The van der Waals surface area contributed by atoms with E-state index in [9.17, 15) is 9.59 Å². The molecule has 2 aromatic heterocycles. The van der Waals surface area contributed by atoms with Gasteiger partial charge in [0.1, 0.15) is 22.7 Å². The fraction of sp³-hybridized carbons (Fsp3) is 0.250. The number of carbonyl (C=O) groups is 2. The average Bonchev–Trinajstić information content (AvgIpc) is 3.55. The summed E-state index contributed by atoms with van der Waals surface area (Å²) >= 11 is 0. The molecule has 0 radical (unpaired) electrons. The number of hydrogen-bond acceptors (Lipinski definition) is 5. The van der Waals surface area contributed by atoms with Gasteiger partial charge in [0, 0.05) is 18.3 Å². The number of fused-ring (bicyclic) bond motifs is 1. The first-order valence-corrected chi connectivity index (χ1v) is 11.7. The van der Waals surface area contributed by atoms with Gasteiger partial charge < -0.3 is 14.5 Å². The van der Waals surface area contributed by atoms with Crippen molar-refractivity contribution in [2.45, 2.75) is 39.4 Å². The molecule has 8 heteroatoms. The van der Waals surface area contributed by atoms with Crippen molar-refractivity contribution in [2.75, 3.05) is 12.0 Å². The largest absolute Gasteiger partial charge is 0.497 e. The molecule has 1 atom stereocenters. The van der Waals surface area contributed by atoms with Gasteiger partial charge in [0.05, 0.1) is 19.9 Å². The summed E-state index contributed by atoms with van der Waals surface area (Å²) in [6, 6.07) is 18.6. The van der Waals surface area contributed by atoms with Crippen LogP contribution in [-0.2, 0) is 17.9 Å². The van der Waals surface area contributed by atoms with Gasteiger partial charge in [0.2, 0.25) is 5.91 Å². The van der Waals surface area contributed by atoms with E-state index in [1.54, 1.807) is 48.1 Å². The number of furan rings is 1. The van der Waals surface area contributed by atoms with Crippen molar-refractivity contribution in [1.82, 2.24) is 15.1 Å². The zero-order chi connectivity index (χ0) is 25.4. The molecule has 5 rings (SSSR count). The normalized spacial score (nSPS) is 17.1. The first-order chi connectivity index (χ1) is 17.3. The number of aryl methyl sites for hydroxylation is 2. The lowest BCUT2D eigenvalue weighted by molar-refractivity contribution is -0.126. The Bertz CT molecular complexity index is 1420. The summed E-state index contributed by atoms with van der Waals surface area (Å²) < 4.78 is 12.3. The van der Waals surface area contributed by atoms with Crippen LogP contribution in [0.25, 0.3) is 11.5 Å². The van der Waals surface area contributed by atoms with E-state index in [1.807, 2.05) is 56.3 Å². The smallest absolute Gasteiger partial charge is 0.277 e. The number of ether oxygens (including phenoxy) is 1. The van der Waals surface area contributed by atoms with E-state index in [0.717, 1.165) is 22.4 Å². The molecule has 2 amide bonds. The first-order valence-electron chi connectivity index (χ1n) is 11.7. The lowest BCUT2D eigenvalue weighted by Crippen LogP contribution is -2.64. The van der Waals surface area contributed by atoms with Gasteiger partial charge in [-0.05, 0) is 73.9 Å². The highest BCUT2D eigenvalue weighted by Crippen LogP contribution is 2.35. The second-order valence-corrected chi connectivity index (χ2v) is 9.26. The zero-order valence-corrected chi connectivity index (χ0v) is 20.7. The Labute approximate surface area is 209 Å². The van der Waals surface area contributed by atoms with E-state index in [1.165, 1.54) is 0 Å². The van der Waals surface area contributed by atoms with E-state index in [0.29, 0.717) is 29.4 Å². The van der Waals surface area contributed by atoms with Crippen LogP contribution in [0, 0.1) is 13.8 Å². The number of methoxy groups -OCH3 is 1. The molecule has 0 saturated heterocycles. The number of carbonyl (C=O) groups excluding carboxylic acids is 2. The number of aromatic nitrogens is 2. The molecule has 0 saturated carbocycles. The molecule has 2 aromatic carbocycles. The number of nitrogens with one attached hydrogen (secondary N) is 1. The molecule has 184 valence electrons. The highest BCUT2D eigenvalue weighted by Gasteiger charge is 2.49. The van der Waals surface area contributed by atoms with E-state index in [-0.39, 0.29) is 18.4 Å². The van der Waals surface area contributed by atoms with Crippen molar-refractivity contribution in [3.63, 3.8) is 0 Å². The van der Waals surface area contributed by atoms with Crippen LogP contribution in [0.5, 0.6) is 5.75 Å². The summed E-state index contributed by atoms with van der Waals surface area (Å²) in [5.74, 6) is 0.741. The van der Waals surface area contributed by atoms with Crippen molar-refractivity contribution in [3.8, 4) is 17.2 Å². The second kappa shape index (κ2) is 9.03. The summed E-state index contributed by atoms with van der Waals surface area (Å²) in [5, 5.41) is 7.63. The van der Waals surface area contributed by atoms with Crippen LogP contribution in [-0.4, -0.2) is 34.2 Å². The van der Waals surface area contributed by atoms with E-state index >= 15 is 0 Å². The van der Waals surface area contributed by atoms with Crippen molar-refractivity contribution in [2.24, 2.45) is 0 Å². The SMILES string of the molecule is COc1ccc(CNC(=O)[C@]2(C)Cn3nc(-c4ccco4)cc3C(=O)N2c2ccc(C)c(C)c2)cc1. The fourth-order valence-corrected chi connectivity index (χ4v) is 4.51. The molecular formula is C28H28N4O4. The molecule has 1 N–H and O–H groups in total. The molecule has 1 aliphatic heterocycles. The number of anilines is 1. The molecule has 0 bridgehead atoms. The van der Waals surface area contributed by atoms with E-state index < -0.39 is 5.54 Å². The van der Waals surface area contributed by atoms with E-state index in [2.05, 4.69) is 10.4 Å². The number of hydrogen-bond donors (Lipinski definition) is 1. The van der Waals surface area contributed by atoms with Crippen molar-refractivity contribution in [3.05, 3.63) is 89.3 Å². The third-order valence-electron chi connectivity index (χ3n) is 6.78. The summed E-state index contributed by atoms with van der Waals surface area (Å²) in [6.07, 6.45) is 1.56. The zero-order valence-electron chi connectivity index (χ0n) is 20.7. The number of rotatable bonds is 6. The molecule has 3 heterocycles. The van der Waals surface area contributed by atoms with Gasteiger partial charge in [0.15, 0.2) is 5.76 Å². The topological polar surface area (TPSA) is 89.6 Å². The Hall–Kier alpha value is -4.33. The van der Waals surface area contributed by atoms with Crippen molar-refractivity contribution < 1.29 is 18.7 Å². The Kier molecular flexibility index (Phi) is 5.88. The monoisotopic (exact) mass is 484 g/mol. The van der Waals surface area contributed by atoms with Crippen LogP contribution in [0.4, 0.5) is 5.69 Å². The van der Waals surface area contributed by atoms with Gasteiger partial charge >= 0.3 is 0 Å². The molecule has 1 aliphatic rings. The fourth-order valence-electron chi connectivity index (χ4n) is 4.51. The molecule has 0 fully saturated rings. The minimum atomic E-state index is -1.22. The molecule has 0 spiro atoms. The molecular weight excluding hydrogens is 456 g/mol. The quantitative estimate of drug-likeness (QED) is 0.435. The standard InChI is InChI=1S/C28H28N4O4/c1-18-7-10-21(14-19(18)2)32-26(33)24-15-23(25-6-5-13-36-25)30-31(24)17-28(32,3)27(34)29-16-20-8-11-22(35-4)12-9-20/h5-15H,16-17H2,1-4H3,(H,29,34)/t28-/m0/s1. The van der Waals surface area contributed by atoms with E-state index in [4.69, 9.17) is 9.15 Å². The number of amides is 2. The predicted molar refractivity (Wildman–Crippen MR) is 136 cm³/mol. The van der Waals surface area contributed by atoms with Gasteiger partial charge in [-0.25, -0.2) is 0 Å². The van der Waals surface area contributed by atoms with Crippen LogP contribution >= 0.6 is 0 Å². The van der Waals surface area contributed by atoms with Gasteiger partial charge in [-0.2, -0.15) is 5.10 Å². The van der Waals surface area contributed by atoms with Crippen molar-refractivity contribution in [1.29, 1.82) is 0 Å². The highest BCUT2D eigenvalue weighted by atomic mass is 16.5.